The summed E-state index contributed by atoms with van der Waals surface area (Å²) in [5.74, 6) is 0. The minimum absolute atomic E-state index is 0. The van der Waals surface area contributed by atoms with E-state index in [9.17, 15) is 0 Å². The van der Waals surface area contributed by atoms with Gasteiger partial charge in [-0.2, -0.15) is 0 Å². The lowest BCUT2D eigenvalue weighted by Gasteiger charge is -1.99. The molecule has 0 N–H and O–H groups in total. The summed E-state index contributed by atoms with van der Waals surface area (Å²) in [6, 6.07) is 6.08. The zero-order valence-electron chi connectivity index (χ0n) is 16.2. The third-order valence-corrected chi connectivity index (χ3v) is 2.78. The van der Waals surface area contributed by atoms with Gasteiger partial charge in [-0.1, -0.05) is 128 Å². The highest BCUT2D eigenvalue weighted by Crippen LogP contribution is 2.33. The average molecular weight is 950 g/mol. The van der Waals surface area contributed by atoms with Crippen LogP contribution in [0.5, 0.6) is 0 Å². The standard InChI is InChI=1S/C8H11N.C7H9N.C2H3I3.C2H4I2.2CH4/c1-6-4-5-9-8(3)7(6)2;1-6-3-4-8-7(2)5-6;1-2(3,4)5;1-2(3)4;;/h4-5H,1-3H3;3-5H,1-2H3;1H3;2H,1H3;2*1H4. The molecule has 0 saturated heterocycles. The minimum atomic E-state index is 0. The second kappa shape index (κ2) is 20.8. The molecule has 0 atom stereocenters. The van der Waals surface area contributed by atoms with Crippen LogP contribution >= 0.6 is 113 Å². The molecule has 2 aromatic heterocycles. The van der Waals surface area contributed by atoms with Gasteiger partial charge in [0.25, 0.3) is 0 Å². The van der Waals surface area contributed by atoms with Gasteiger partial charge in [-0.15, -0.1) is 0 Å². The number of nitrogens with zero attached hydrogens (tertiary/aromatic N) is 2. The predicted molar refractivity (Wildman–Crippen MR) is 174 cm³/mol. The second-order valence-corrected chi connectivity index (χ2v) is 24.4. The zero-order valence-corrected chi connectivity index (χ0v) is 27.0. The number of hydrogen-bond acceptors (Lipinski definition) is 2. The first-order valence-corrected chi connectivity index (χ1v) is 13.6. The molecule has 0 aliphatic carbocycles. The summed E-state index contributed by atoms with van der Waals surface area (Å²) in [7, 11) is 0. The summed E-state index contributed by atoms with van der Waals surface area (Å²) in [6.45, 7) is 14.6. The van der Waals surface area contributed by atoms with Gasteiger partial charge in [0.2, 0.25) is 0 Å². The van der Waals surface area contributed by atoms with Gasteiger partial charge in [0.05, 0.1) is 1.93 Å². The first-order valence-electron chi connectivity index (χ1n) is 7.87. The van der Waals surface area contributed by atoms with Crippen LogP contribution in [0, 0.1) is 34.6 Å². The van der Waals surface area contributed by atoms with Crippen molar-refractivity contribution in [1.82, 2.24) is 9.97 Å². The molecule has 164 valence electrons. The topological polar surface area (TPSA) is 25.8 Å². The second-order valence-electron chi connectivity index (χ2n) is 5.61. The number of rotatable bonds is 0. The summed E-state index contributed by atoms with van der Waals surface area (Å²) < 4.78 is 1.18. The molecule has 2 aromatic rings. The van der Waals surface area contributed by atoms with E-state index in [2.05, 4.69) is 164 Å². The number of halogens is 5. The van der Waals surface area contributed by atoms with Crippen LogP contribution in [0.2, 0.25) is 0 Å². The summed E-state index contributed by atoms with van der Waals surface area (Å²) in [5.41, 5.74) is 6.12. The Morgan fingerprint density at radius 3 is 1.50 bits per heavy atom. The summed E-state index contributed by atoms with van der Waals surface area (Å²) in [4.78, 5) is 8.18. The highest BCUT2D eigenvalue weighted by molar-refractivity contribution is 14.3. The summed E-state index contributed by atoms with van der Waals surface area (Å²) in [5, 5.41) is 0. The fourth-order valence-corrected chi connectivity index (χ4v) is 1.46. The number of pyridine rings is 2. The van der Waals surface area contributed by atoms with Crippen molar-refractivity contribution in [3.05, 3.63) is 58.7 Å². The smallest absolute Gasteiger partial charge is 0.121 e. The molecule has 2 rings (SSSR count). The third kappa shape index (κ3) is 30.1. The molecule has 28 heavy (non-hydrogen) atoms. The van der Waals surface area contributed by atoms with Crippen molar-refractivity contribution >= 4 is 113 Å². The molecular weight excluding hydrogens is 915 g/mol. The molecule has 0 aliphatic heterocycles. The van der Waals surface area contributed by atoms with Crippen LogP contribution < -0.4 is 0 Å². The fourth-order valence-electron chi connectivity index (χ4n) is 1.46. The molecule has 7 heteroatoms. The van der Waals surface area contributed by atoms with Gasteiger partial charge in [0.1, 0.15) is -0.565 Å². The lowest BCUT2D eigenvalue weighted by molar-refractivity contribution is 1.12. The molecule has 0 fully saturated rings. The van der Waals surface area contributed by atoms with E-state index in [0.717, 1.165) is 13.3 Å². The molecule has 0 saturated carbocycles. The molecule has 0 spiro atoms. The van der Waals surface area contributed by atoms with Crippen LogP contribution in [-0.4, -0.2) is 11.3 Å². The average Bonchev–Trinajstić information content (AvgIpc) is 2.42. The number of aryl methyl sites for hydroxylation is 4. The maximum absolute atomic E-state index is 4.14. The number of hydrogen-bond donors (Lipinski definition) is 0. The SMILES string of the molecule is C.C.CC(I)(I)I.CC(I)I.Cc1ccnc(C)c1.Cc1ccnc(C)c1C. The van der Waals surface area contributed by atoms with Crippen molar-refractivity contribution in [2.45, 2.75) is 64.7 Å². The molecule has 0 bridgehead atoms. The van der Waals surface area contributed by atoms with Crippen LogP contribution in [0.3, 0.4) is 0 Å². The Kier molecular flexibility index (Phi) is 27.7. The first-order chi connectivity index (χ1) is 11.7. The number of aromatic nitrogens is 2. The Balaban J connectivity index is -0.000000141. The van der Waals surface area contributed by atoms with Crippen molar-refractivity contribution in [1.29, 1.82) is 0 Å². The molecule has 2 heterocycles. The van der Waals surface area contributed by atoms with Gasteiger partial charge < -0.3 is 0 Å². The molecular formula is C21H35I5N2. The Morgan fingerprint density at radius 1 is 0.857 bits per heavy atom. The molecule has 0 radical (unpaired) electrons. The molecule has 0 amide bonds. The largest absolute Gasteiger partial charge is 0.262 e. The lowest BCUT2D eigenvalue weighted by Crippen LogP contribution is -1.87. The summed E-state index contributed by atoms with van der Waals surface area (Å²) in [6.07, 6.45) is 3.67. The molecule has 0 aliphatic rings. The molecule has 0 aromatic carbocycles. The van der Waals surface area contributed by atoms with Crippen LogP contribution in [0.1, 0.15) is 56.8 Å². The van der Waals surface area contributed by atoms with Gasteiger partial charge in [-0.25, -0.2) is 0 Å². The normalized spacial score (nSPS) is 9.18. The maximum Gasteiger partial charge on any atom is 0.121 e. The Hall–Kier alpha value is 1.95. The van der Waals surface area contributed by atoms with Crippen molar-refractivity contribution in [2.75, 3.05) is 0 Å². The highest BCUT2D eigenvalue weighted by Gasteiger charge is 2.04. The van der Waals surface area contributed by atoms with Crippen molar-refractivity contribution < 1.29 is 0 Å². The highest BCUT2D eigenvalue weighted by atomic mass is 127. The van der Waals surface area contributed by atoms with Gasteiger partial charge >= 0.3 is 0 Å². The zero-order chi connectivity index (χ0) is 20.9. The van der Waals surface area contributed by atoms with E-state index in [1.807, 2.05) is 38.4 Å². The van der Waals surface area contributed by atoms with Crippen molar-refractivity contribution in [3.8, 4) is 0 Å². The van der Waals surface area contributed by atoms with Gasteiger partial charge in [0, 0.05) is 23.8 Å². The van der Waals surface area contributed by atoms with Gasteiger partial charge in [0.15, 0.2) is 0 Å². The minimum Gasteiger partial charge on any atom is -0.262 e. The maximum atomic E-state index is 4.14. The van der Waals surface area contributed by atoms with Crippen LogP contribution in [0.4, 0.5) is 0 Å². The van der Waals surface area contributed by atoms with Crippen LogP contribution in [-0.2, 0) is 0 Å². The van der Waals surface area contributed by atoms with E-state index >= 15 is 0 Å². The molecule has 0 unspecified atom stereocenters. The van der Waals surface area contributed by atoms with E-state index in [1.54, 1.807) is 0 Å². The van der Waals surface area contributed by atoms with Crippen LogP contribution in [0.15, 0.2) is 30.6 Å². The van der Waals surface area contributed by atoms with E-state index in [4.69, 9.17) is 0 Å². The van der Waals surface area contributed by atoms with E-state index < -0.39 is 0 Å². The van der Waals surface area contributed by atoms with E-state index in [0.29, 0.717) is -0.565 Å². The van der Waals surface area contributed by atoms with E-state index in [-0.39, 0.29) is 14.9 Å². The summed E-state index contributed by atoms with van der Waals surface area (Å²) >= 11 is 11.7. The third-order valence-electron chi connectivity index (χ3n) is 2.78. The first kappa shape index (κ1) is 37.3. The number of alkyl halides is 5. The van der Waals surface area contributed by atoms with Crippen molar-refractivity contribution in [3.63, 3.8) is 0 Å². The van der Waals surface area contributed by atoms with E-state index in [1.165, 1.54) is 16.7 Å². The van der Waals surface area contributed by atoms with Crippen molar-refractivity contribution in [2.24, 2.45) is 0 Å². The predicted octanol–water partition coefficient (Wildman–Crippen LogP) is 10.1. The van der Waals surface area contributed by atoms with Crippen LogP contribution in [0.25, 0.3) is 0 Å². The lowest BCUT2D eigenvalue weighted by atomic mass is 10.1. The van der Waals surface area contributed by atoms with Gasteiger partial charge in [-0.05, 0) is 83.4 Å². The fraction of sp³-hybridized carbons (Fsp3) is 0.524. The Labute approximate surface area is 242 Å². The van der Waals surface area contributed by atoms with Gasteiger partial charge in [-0.3, -0.25) is 9.97 Å². The quantitative estimate of drug-likeness (QED) is 0.194. The Bertz CT molecular complexity index is 580. The molecule has 2 nitrogen and oxygen atoms in total. The Morgan fingerprint density at radius 2 is 1.25 bits per heavy atom. The monoisotopic (exact) mass is 950 g/mol.